The Labute approximate surface area is 499 Å². The molecule has 486 valence electrons. The van der Waals surface area contributed by atoms with Gasteiger partial charge in [0.1, 0.15) is 116 Å². The second-order valence-corrected chi connectivity index (χ2v) is 20.8. The number of carbonyl (C=O) groups is 3. The van der Waals surface area contributed by atoms with E-state index in [1.807, 2.05) is 0 Å². The first-order chi connectivity index (χ1) is 42.1. The fraction of sp³-hybridized carbons (Fsp3) is 0.554. The Kier molecular flexibility index (Phi) is 23.3. The predicted molar refractivity (Wildman–Crippen MR) is 285 cm³/mol. The number of hydrogen-bond acceptors (Lipinski definition) is 32. The molecule has 5 aliphatic heterocycles. The van der Waals surface area contributed by atoms with Gasteiger partial charge in [-0.3, -0.25) is 0 Å². The number of esters is 3. The van der Waals surface area contributed by atoms with Crippen LogP contribution in [-0.2, 0) is 66.4 Å². The van der Waals surface area contributed by atoms with Crippen LogP contribution in [0.5, 0.6) is 17.2 Å². The fourth-order valence-electron chi connectivity index (χ4n) is 10.2. The molecule has 88 heavy (non-hydrogen) atoms. The summed E-state index contributed by atoms with van der Waals surface area (Å²) >= 11 is 0. The zero-order valence-corrected chi connectivity index (χ0v) is 46.4. The summed E-state index contributed by atoms with van der Waals surface area (Å²) in [5, 5.41) is 174. The summed E-state index contributed by atoms with van der Waals surface area (Å²) in [5.74, 6) is -7.02. The topological polar surface area (TPSA) is 495 Å². The smallest absolute Gasteiger partial charge is 0.338 e. The van der Waals surface area contributed by atoms with Gasteiger partial charge < -0.3 is 143 Å². The van der Waals surface area contributed by atoms with Crippen molar-refractivity contribution < 1.29 is 158 Å². The van der Waals surface area contributed by atoms with E-state index in [1.165, 1.54) is 86.0 Å². The normalized spacial score (nSPS) is 37.8. The number of phenolic OH excluding ortho intramolecular Hbond substituents is 2. The first-order valence-corrected chi connectivity index (χ1v) is 27.4. The number of rotatable bonds is 23. The van der Waals surface area contributed by atoms with E-state index in [-0.39, 0.29) is 28.4 Å². The molecule has 32 nitrogen and oxygen atoms in total. The molecule has 8 rings (SSSR count). The Hall–Kier alpha value is -5.97. The maximum absolute atomic E-state index is 14.2. The maximum atomic E-state index is 14.2. The minimum Gasteiger partial charge on any atom is -0.508 e. The second kappa shape index (κ2) is 30.2. The predicted octanol–water partition coefficient (Wildman–Crippen LogP) is -6.11. The average Bonchev–Trinajstić information content (AvgIpc) is 1.84. The molecule has 0 amide bonds. The Balaban J connectivity index is 1.26. The number of carbonyl (C=O) groups excluding carboxylic acids is 3. The zero-order valence-electron chi connectivity index (χ0n) is 46.4. The van der Waals surface area contributed by atoms with Crippen molar-refractivity contribution in [2.45, 2.75) is 147 Å². The molecule has 5 aliphatic rings. The van der Waals surface area contributed by atoms with Gasteiger partial charge in [-0.05, 0) is 59.7 Å². The number of benzene rings is 3. The summed E-state index contributed by atoms with van der Waals surface area (Å²) in [7, 11) is 1.26. The maximum Gasteiger partial charge on any atom is 0.338 e. The number of aliphatic hydroxyl groups is 14. The monoisotopic (exact) mass is 1250 g/mol. The Morgan fingerprint density at radius 3 is 1.59 bits per heavy atom. The van der Waals surface area contributed by atoms with Crippen LogP contribution in [0.4, 0.5) is 0 Å². The molecule has 0 spiro atoms. The SMILES string of the molecule is COc1cc(/C=C/C(=O)O[C@H]2[C@H](O[C@@H]3O[C@H](CO)[C@@H](O)[C@H](O[C@@H]4O[C@H](CO)[C@@H](O)[C@H](O)[C@H]4O)[C@H]3O)[C@@H](O[C@@H]3O[C@H](CO)[C@@H](O)[C@H](O)[C@H]3O)[C@@H](O[C@]3(COC(=O)/C=C/c4ccc(O)cc4)O[C@H](CO)[C@@H](O)[C@@H]3OC(=O)c3ccccc3)O[C@@H]2CO)ccc1O. The molecular weight excluding hydrogens is 1180 g/mol. The van der Waals surface area contributed by atoms with E-state index in [9.17, 15) is 96.1 Å². The van der Waals surface area contributed by atoms with Crippen molar-refractivity contribution in [3.05, 3.63) is 102 Å². The lowest BCUT2D eigenvalue weighted by Crippen LogP contribution is -2.69. The highest BCUT2D eigenvalue weighted by Crippen LogP contribution is 2.43. The summed E-state index contributed by atoms with van der Waals surface area (Å²) in [6, 6.07) is 16.5. The van der Waals surface area contributed by atoms with Gasteiger partial charge in [0.15, 0.2) is 48.9 Å². The lowest BCUT2D eigenvalue weighted by atomic mass is 9.95. The third-order valence-corrected chi connectivity index (χ3v) is 15.0. The average molecular weight is 1260 g/mol. The first-order valence-electron chi connectivity index (χ1n) is 27.4. The van der Waals surface area contributed by atoms with E-state index in [4.69, 9.17) is 61.6 Å². The van der Waals surface area contributed by atoms with Gasteiger partial charge in [0.2, 0.25) is 5.79 Å². The minimum atomic E-state index is -2.96. The van der Waals surface area contributed by atoms with Gasteiger partial charge >= 0.3 is 17.9 Å². The zero-order chi connectivity index (χ0) is 63.7. The van der Waals surface area contributed by atoms with E-state index in [0.717, 1.165) is 12.2 Å². The number of methoxy groups -OCH3 is 1. The standard InChI is InChI=1S/C56H70O32/c1-76-29-17-25(9-14-28(29)63)11-16-36(65)82-46-34(22-61)81-55(88-56(23-77-35(64)15-10-24-7-12-27(62)13-8-24)50(40(69)33(21-60)87-56)86-51(75)26-5-3-2-4-6-26)49(85-53-44(73)42(71)38(67)31(19-58)79-53)48(46)84-54-45(74)47(39(68)32(20-59)80-54)83-52-43(72)41(70)37(66)30(18-57)78-52/h2-17,30-34,37-50,52-55,57-63,66-74H,18-23H2,1H3/b15-10+,16-11+/t30-,31-,32-,33-,34-,37-,38-,39-,40-,41+,42+,43-,44-,45-,46-,47+,48+,49-,50+,52+,53+,54+,55-,56+/m1/s1. The molecule has 0 unspecified atom stereocenters. The third kappa shape index (κ3) is 15.3. The largest absolute Gasteiger partial charge is 0.508 e. The van der Waals surface area contributed by atoms with Crippen molar-refractivity contribution in [2.24, 2.45) is 0 Å². The first kappa shape index (κ1) is 68.0. The second-order valence-electron chi connectivity index (χ2n) is 20.8. The molecule has 3 aromatic rings. The molecule has 16 N–H and O–H groups in total. The van der Waals surface area contributed by atoms with Crippen LogP contribution in [0.2, 0.25) is 0 Å². The summed E-state index contributed by atoms with van der Waals surface area (Å²) in [6.07, 6.45) is -44.7. The Morgan fingerprint density at radius 2 is 1.01 bits per heavy atom. The van der Waals surface area contributed by atoms with Gasteiger partial charge in [-0.2, -0.15) is 0 Å². The van der Waals surface area contributed by atoms with Crippen molar-refractivity contribution in [3.8, 4) is 17.2 Å². The molecule has 5 saturated heterocycles. The summed E-state index contributed by atoms with van der Waals surface area (Å²) < 4.78 is 77.1. The molecule has 32 heteroatoms. The Morgan fingerprint density at radius 1 is 0.500 bits per heavy atom. The number of hydrogen-bond donors (Lipinski definition) is 16. The fourth-order valence-corrected chi connectivity index (χ4v) is 10.2. The van der Waals surface area contributed by atoms with Crippen LogP contribution in [0.15, 0.2) is 84.9 Å². The van der Waals surface area contributed by atoms with Gasteiger partial charge in [0.05, 0.1) is 45.7 Å². The van der Waals surface area contributed by atoms with Crippen LogP contribution in [0.25, 0.3) is 12.2 Å². The van der Waals surface area contributed by atoms with E-state index in [2.05, 4.69) is 0 Å². The van der Waals surface area contributed by atoms with Gasteiger partial charge in [-0.25, -0.2) is 14.4 Å². The summed E-state index contributed by atoms with van der Waals surface area (Å²) in [4.78, 5) is 41.8. The molecule has 5 heterocycles. The van der Waals surface area contributed by atoms with Crippen LogP contribution < -0.4 is 4.74 Å². The van der Waals surface area contributed by atoms with E-state index in [1.54, 1.807) is 6.07 Å². The van der Waals surface area contributed by atoms with Crippen LogP contribution in [0.1, 0.15) is 21.5 Å². The number of aliphatic hydroxyl groups excluding tert-OH is 14. The Bertz CT molecular complexity index is 2810. The number of ether oxygens (including phenoxy) is 13. The van der Waals surface area contributed by atoms with Gasteiger partial charge in [0.25, 0.3) is 0 Å². The van der Waals surface area contributed by atoms with Crippen LogP contribution in [0, 0.1) is 0 Å². The van der Waals surface area contributed by atoms with Crippen LogP contribution in [-0.4, -0.2) is 293 Å². The molecule has 0 saturated carbocycles. The van der Waals surface area contributed by atoms with Gasteiger partial charge in [-0.1, -0.05) is 36.4 Å². The van der Waals surface area contributed by atoms with Crippen molar-refractivity contribution in [1.82, 2.24) is 0 Å². The minimum absolute atomic E-state index is 0.0189. The molecule has 5 fully saturated rings. The number of aromatic hydroxyl groups is 2. The highest BCUT2D eigenvalue weighted by atomic mass is 16.8. The quantitative estimate of drug-likeness (QED) is 0.0239. The lowest BCUT2D eigenvalue weighted by Gasteiger charge is -2.51. The molecule has 24 atom stereocenters. The molecular formula is C56H70O32. The highest BCUT2D eigenvalue weighted by molar-refractivity contribution is 5.90. The van der Waals surface area contributed by atoms with Gasteiger partial charge in [0, 0.05) is 12.2 Å². The van der Waals surface area contributed by atoms with E-state index < -0.39 is 204 Å². The highest BCUT2D eigenvalue weighted by Gasteiger charge is 2.64. The number of phenols is 2. The van der Waals surface area contributed by atoms with E-state index in [0.29, 0.717) is 5.56 Å². The van der Waals surface area contributed by atoms with Crippen molar-refractivity contribution in [1.29, 1.82) is 0 Å². The molecule has 3 aromatic carbocycles. The van der Waals surface area contributed by atoms with Crippen LogP contribution >= 0.6 is 0 Å². The van der Waals surface area contributed by atoms with Crippen LogP contribution in [0.3, 0.4) is 0 Å². The molecule has 0 radical (unpaired) electrons. The molecule has 0 bridgehead atoms. The van der Waals surface area contributed by atoms with Crippen molar-refractivity contribution in [3.63, 3.8) is 0 Å². The summed E-state index contributed by atoms with van der Waals surface area (Å²) in [6.45, 7) is -6.71. The van der Waals surface area contributed by atoms with Gasteiger partial charge in [-0.15, -0.1) is 0 Å². The van der Waals surface area contributed by atoms with Crippen molar-refractivity contribution >= 4 is 30.1 Å². The molecule has 0 aromatic heterocycles. The third-order valence-electron chi connectivity index (χ3n) is 15.0. The van der Waals surface area contributed by atoms with E-state index >= 15 is 0 Å². The van der Waals surface area contributed by atoms with Crippen molar-refractivity contribution in [2.75, 3.05) is 46.8 Å². The molecule has 0 aliphatic carbocycles. The summed E-state index contributed by atoms with van der Waals surface area (Å²) in [5.41, 5.74) is 0.473. The lowest BCUT2D eigenvalue weighted by molar-refractivity contribution is -0.423.